The highest BCUT2D eigenvalue weighted by Crippen LogP contribution is 2.25. The molecule has 0 fully saturated rings. The van der Waals surface area contributed by atoms with Crippen LogP contribution in [-0.4, -0.2) is 11.7 Å². The van der Waals surface area contributed by atoms with Crippen LogP contribution in [0.1, 0.15) is 36.1 Å². The van der Waals surface area contributed by atoms with E-state index in [-0.39, 0.29) is 0 Å². The van der Waals surface area contributed by atoms with Gasteiger partial charge in [-0.15, -0.1) is 0 Å². The van der Waals surface area contributed by atoms with E-state index >= 15 is 0 Å². The Labute approximate surface area is 120 Å². The number of aliphatic hydroxyl groups is 1. The smallest absolute Gasteiger partial charge is 0.0761 e. The standard InChI is InChI=1S/C18H21NO/c1-14(20)15-8-10-18(11-9-15)19-12-4-7-16-5-2-3-6-17(16)13-19/h2-3,5-6,8-11,14,20H,4,7,12-13H2,1H3/t14-/m1/s1. The van der Waals surface area contributed by atoms with Gasteiger partial charge in [0.25, 0.3) is 0 Å². The summed E-state index contributed by atoms with van der Waals surface area (Å²) in [5, 5.41) is 9.59. The molecular formula is C18H21NO. The second-order valence-corrected chi connectivity index (χ2v) is 5.56. The molecule has 1 aliphatic heterocycles. The maximum atomic E-state index is 9.59. The van der Waals surface area contributed by atoms with Crippen molar-refractivity contribution < 1.29 is 5.11 Å². The molecule has 0 unspecified atom stereocenters. The third-order valence-corrected chi connectivity index (χ3v) is 4.09. The van der Waals surface area contributed by atoms with E-state index in [1.807, 2.05) is 12.1 Å². The Morgan fingerprint density at radius 3 is 2.40 bits per heavy atom. The largest absolute Gasteiger partial charge is 0.389 e. The summed E-state index contributed by atoms with van der Waals surface area (Å²) < 4.78 is 0. The number of hydrogen-bond acceptors (Lipinski definition) is 2. The molecule has 1 N–H and O–H groups in total. The van der Waals surface area contributed by atoms with E-state index in [1.165, 1.54) is 29.7 Å². The molecule has 0 saturated heterocycles. The molecule has 0 spiro atoms. The summed E-state index contributed by atoms with van der Waals surface area (Å²) in [7, 11) is 0. The first-order valence-corrected chi connectivity index (χ1v) is 7.34. The molecule has 0 bridgehead atoms. The molecule has 1 atom stereocenters. The fourth-order valence-corrected chi connectivity index (χ4v) is 2.88. The molecule has 2 aromatic carbocycles. The Kier molecular flexibility index (Phi) is 3.75. The van der Waals surface area contributed by atoms with Crippen molar-refractivity contribution in [1.29, 1.82) is 0 Å². The summed E-state index contributed by atoms with van der Waals surface area (Å²) in [6, 6.07) is 17.0. The minimum Gasteiger partial charge on any atom is -0.389 e. The third kappa shape index (κ3) is 2.70. The average molecular weight is 267 g/mol. The summed E-state index contributed by atoms with van der Waals surface area (Å²) in [5.41, 5.74) is 5.13. The lowest BCUT2D eigenvalue weighted by molar-refractivity contribution is 0.199. The molecule has 104 valence electrons. The second kappa shape index (κ2) is 5.68. The molecular weight excluding hydrogens is 246 g/mol. The Balaban J connectivity index is 1.84. The first-order valence-electron chi connectivity index (χ1n) is 7.34. The zero-order valence-corrected chi connectivity index (χ0v) is 11.9. The minimum absolute atomic E-state index is 0.395. The fraction of sp³-hybridized carbons (Fsp3) is 0.333. The van der Waals surface area contributed by atoms with E-state index in [1.54, 1.807) is 6.92 Å². The number of anilines is 1. The second-order valence-electron chi connectivity index (χ2n) is 5.56. The summed E-state index contributed by atoms with van der Waals surface area (Å²) >= 11 is 0. The lowest BCUT2D eigenvalue weighted by Gasteiger charge is -2.23. The normalized spacial score (nSPS) is 16.4. The quantitative estimate of drug-likeness (QED) is 0.897. The van der Waals surface area contributed by atoms with Crippen LogP contribution in [0.4, 0.5) is 5.69 Å². The van der Waals surface area contributed by atoms with Crippen molar-refractivity contribution in [3.63, 3.8) is 0 Å². The minimum atomic E-state index is -0.395. The van der Waals surface area contributed by atoms with Gasteiger partial charge in [-0.25, -0.2) is 0 Å². The van der Waals surface area contributed by atoms with Crippen molar-refractivity contribution in [3.8, 4) is 0 Å². The molecule has 20 heavy (non-hydrogen) atoms. The topological polar surface area (TPSA) is 23.5 Å². The lowest BCUT2D eigenvalue weighted by Crippen LogP contribution is -2.22. The zero-order valence-electron chi connectivity index (χ0n) is 11.9. The van der Waals surface area contributed by atoms with Gasteiger partial charge >= 0.3 is 0 Å². The van der Waals surface area contributed by atoms with Crippen molar-refractivity contribution in [2.75, 3.05) is 11.4 Å². The Bertz CT molecular complexity index is 574. The van der Waals surface area contributed by atoms with Gasteiger partial charge in [0, 0.05) is 18.8 Å². The van der Waals surface area contributed by atoms with Gasteiger partial charge in [0.2, 0.25) is 0 Å². The Morgan fingerprint density at radius 2 is 1.70 bits per heavy atom. The highest BCUT2D eigenvalue weighted by Gasteiger charge is 2.14. The number of aliphatic hydroxyl groups excluding tert-OH is 1. The molecule has 2 heteroatoms. The van der Waals surface area contributed by atoms with Gasteiger partial charge in [0.15, 0.2) is 0 Å². The molecule has 2 nitrogen and oxygen atoms in total. The van der Waals surface area contributed by atoms with Crippen molar-refractivity contribution in [3.05, 3.63) is 65.2 Å². The van der Waals surface area contributed by atoms with Gasteiger partial charge in [-0.05, 0) is 48.6 Å². The molecule has 1 aliphatic rings. The van der Waals surface area contributed by atoms with Crippen LogP contribution in [0, 0.1) is 0 Å². The van der Waals surface area contributed by atoms with Crippen LogP contribution in [0.25, 0.3) is 0 Å². The summed E-state index contributed by atoms with van der Waals surface area (Å²) in [4.78, 5) is 2.43. The monoisotopic (exact) mass is 267 g/mol. The first kappa shape index (κ1) is 13.2. The van der Waals surface area contributed by atoms with E-state index in [2.05, 4.69) is 41.3 Å². The molecule has 0 aromatic heterocycles. The highest BCUT2D eigenvalue weighted by atomic mass is 16.3. The van der Waals surface area contributed by atoms with Crippen molar-refractivity contribution in [1.82, 2.24) is 0 Å². The van der Waals surface area contributed by atoms with Crippen LogP contribution in [0.2, 0.25) is 0 Å². The molecule has 0 radical (unpaired) electrons. The predicted octanol–water partition coefficient (Wildman–Crippen LogP) is 3.69. The number of aryl methyl sites for hydroxylation is 1. The summed E-state index contributed by atoms with van der Waals surface area (Å²) in [6.45, 7) is 3.87. The molecule has 0 amide bonds. The van der Waals surface area contributed by atoms with Crippen molar-refractivity contribution in [2.45, 2.75) is 32.4 Å². The Morgan fingerprint density at radius 1 is 1.00 bits per heavy atom. The van der Waals surface area contributed by atoms with E-state index in [0.29, 0.717) is 0 Å². The number of hydrogen-bond donors (Lipinski definition) is 1. The van der Waals surface area contributed by atoms with E-state index in [0.717, 1.165) is 18.7 Å². The summed E-state index contributed by atoms with van der Waals surface area (Å²) in [6.07, 6.45) is 1.96. The maximum Gasteiger partial charge on any atom is 0.0761 e. The number of nitrogens with zero attached hydrogens (tertiary/aromatic N) is 1. The Hall–Kier alpha value is -1.80. The molecule has 1 heterocycles. The van der Waals surface area contributed by atoms with Gasteiger partial charge in [0.05, 0.1) is 6.10 Å². The fourth-order valence-electron chi connectivity index (χ4n) is 2.88. The van der Waals surface area contributed by atoms with Gasteiger partial charge < -0.3 is 10.0 Å². The van der Waals surface area contributed by atoms with E-state index in [9.17, 15) is 5.11 Å². The first-order chi connectivity index (χ1) is 9.74. The van der Waals surface area contributed by atoms with Gasteiger partial charge in [-0.3, -0.25) is 0 Å². The van der Waals surface area contributed by atoms with Gasteiger partial charge in [-0.1, -0.05) is 36.4 Å². The number of benzene rings is 2. The van der Waals surface area contributed by atoms with Crippen LogP contribution in [-0.2, 0) is 13.0 Å². The van der Waals surface area contributed by atoms with E-state index in [4.69, 9.17) is 0 Å². The van der Waals surface area contributed by atoms with Gasteiger partial charge in [0.1, 0.15) is 0 Å². The molecule has 2 aromatic rings. The maximum absolute atomic E-state index is 9.59. The van der Waals surface area contributed by atoms with Crippen molar-refractivity contribution >= 4 is 5.69 Å². The summed E-state index contributed by atoms with van der Waals surface area (Å²) in [5.74, 6) is 0. The number of rotatable bonds is 2. The van der Waals surface area contributed by atoms with Gasteiger partial charge in [-0.2, -0.15) is 0 Å². The van der Waals surface area contributed by atoms with Crippen LogP contribution < -0.4 is 4.90 Å². The van der Waals surface area contributed by atoms with Crippen LogP contribution >= 0.6 is 0 Å². The van der Waals surface area contributed by atoms with Crippen LogP contribution in [0.15, 0.2) is 48.5 Å². The SMILES string of the molecule is C[C@@H](O)c1ccc(N2CCCc3ccccc3C2)cc1. The third-order valence-electron chi connectivity index (χ3n) is 4.09. The highest BCUT2D eigenvalue weighted by molar-refractivity contribution is 5.49. The molecule has 0 aliphatic carbocycles. The van der Waals surface area contributed by atoms with Crippen molar-refractivity contribution in [2.24, 2.45) is 0 Å². The zero-order chi connectivity index (χ0) is 13.9. The predicted molar refractivity (Wildman–Crippen MR) is 82.9 cm³/mol. The molecule has 0 saturated carbocycles. The lowest BCUT2D eigenvalue weighted by atomic mass is 10.0. The van der Waals surface area contributed by atoms with Crippen LogP contribution in [0.3, 0.4) is 0 Å². The molecule has 3 rings (SSSR count). The average Bonchev–Trinajstić information content (AvgIpc) is 2.69. The van der Waals surface area contributed by atoms with Crippen LogP contribution in [0.5, 0.6) is 0 Å². The van der Waals surface area contributed by atoms with E-state index < -0.39 is 6.10 Å². The number of fused-ring (bicyclic) bond motifs is 1.